The molecule has 1 atom stereocenters. The van der Waals surface area contributed by atoms with Crippen LogP contribution in [-0.2, 0) is 28.6 Å². The maximum atomic E-state index is 12.6. The van der Waals surface area contributed by atoms with Crippen LogP contribution in [0.4, 0.5) is 0 Å². The molecule has 286 valence electrons. The van der Waals surface area contributed by atoms with Crippen molar-refractivity contribution in [3.63, 3.8) is 0 Å². The highest BCUT2D eigenvalue weighted by molar-refractivity contribution is 5.71. The van der Waals surface area contributed by atoms with E-state index in [1.54, 1.807) is 0 Å². The molecular weight excluding hydrogens is 612 g/mol. The molecule has 0 fully saturated rings. The molecule has 49 heavy (non-hydrogen) atoms. The fourth-order valence-corrected chi connectivity index (χ4v) is 5.77. The van der Waals surface area contributed by atoms with Gasteiger partial charge in [-0.15, -0.1) is 0 Å². The molecule has 0 spiro atoms. The van der Waals surface area contributed by atoms with Gasteiger partial charge in [0.2, 0.25) is 0 Å². The summed E-state index contributed by atoms with van der Waals surface area (Å²) in [5, 5.41) is 0. The summed E-state index contributed by atoms with van der Waals surface area (Å²) >= 11 is 0. The van der Waals surface area contributed by atoms with Gasteiger partial charge in [-0.25, -0.2) is 0 Å². The van der Waals surface area contributed by atoms with Gasteiger partial charge in [0.25, 0.3) is 0 Å². The largest absolute Gasteiger partial charge is 0.462 e. The predicted octanol–water partition coefficient (Wildman–Crippen LogP) is 12.9. The maximum Gasteiger partial charge on any atom is 0.306 e. The van der Waals surface area contributed by atoms with E-state index in [-0.39, 0.29) is 31.1 Å². The van der Waals surface area contributed by atoms with E-state index in [1.807, 2.05) is 0 Å². The van der Waals surface area contributed by atoms with Crippen molar-refractivity contribution in [1.82, 2.24) is 0 Å². The molecule has 6 nitrogen and oxygen atoms in total. The van der Waals surface area contributed by atoms with E-state index in [2.05, 4.69) is 45.1 Å². The second kappa shape index (κ2) is 38.7. The van der Waals surface area contributed by atoms with Gasteiger partial charge < -0.3 is 14.2 Å². The number of rotatable bonds is 37. The highest BCUT2D eigenvalue weighted by Gasteiger charge is 2.19. The van der Waals surface area contributed by atoms with Gasteiger partial charge in [0, 0.05) is 19.3 Å². The first-order chi connectivity index (χ1) is 24.0. The summed E-state index contributed by atoms with van der Waals surface area (Å²) < 4.78 is 16.6. The smallest absolute Gasteiger partial charge is 0.306 e. The monoisotopic (exact) mass is 691 g/mol. The van der Waals surface area contributed by atoms with Crippen molar-refractivity contribution in [3.05, 3.63) is 24.3 Å². The third-order valence-corrected chi connectivity index (χ3v) is 8.94. The minimum atomic E-state index is -0.766. The number of hydrogen-bond acceptors (Lipinski definition) is 6. The first-order valence-corrected chi connectivity index (χ1v) is 20.8. The summed E-state index contributed by atoms with van der Waals surface area (Å²) in [5.41, 5.74) is 0. The van der Waals surface area contributed by atoms with Crippen molar-refractivity contribution in [2.75, 3.05) is 13.2 Å². The highest BCUT2D eigenvalue weighted by atomic mass is 16.6. The van der Waals surface area contributed by atoms with Gasteiger partial charge in [0.15, 0.2) is 6.10 Å². The summed E-state index contributed by atoms with van der Waals surface area (Å²) in [6, 6.07) is 0. The Morgan fingerprint density at radius 1 is 0.408 bits per heavy atom. The van der Waals surface area contributed by atoms with Crippen molar-refractivity contribution >= 4 is 17.9 Å². The van der Waals surface area contributed by atoms with Crippen molar-refractivity contribution < 1.29 is 28.6 Å². The second-order valence-corrected chi connectivity index (χ2v) is 13.9. The Hall–Kier alpha value is -2.11. The van der Waals surface area contributed by atoms with E-state index < -0.39 is 6.10 Å². The molecule has 0 rings (SSSR count). The van der Waals surface area contributed by atoms with Gasteiger partial charge >= 0.3 is 17.9 Å². The zero-order valence-corrected chi connectivity index (χ0v) is 32.5. The Morgan fingerprint density at radius 2 is 0.776 bits per heavy atom. The van der Waals surface area contributed by atoms with E-state index >= 15 is 0 Å². The van der Waals surface area contributed by atoms with Crippen molar-refractivity contribution in [2.24, 2.45) is 0 Å². The standard InChI is InChI=1S/C43H78O6/c1-4-7-10-13-16-19-20-21-22-25-27-30-33-36-42(45)48-39-40(49-43(46)37-34-31-28-24-18-15-12-9-6-3)38-47-41(44)35-32-29-26-23-17-14-11-8-5-2/h10,13,19-20,40H,4-9,11-12,14-18,21-39H2,1-3H3/b13-10-,20-19-. The van der Waals surface area contributed by atoms with E-state index in [4.69, 9.17) is 14.2 Å². The van der Waals surface area contributed by atoms with Gasteiger partial charge in [-0.3, -0.25) is 14.4 Å². The first kappa shape index (κ1) is 46.9. The Labute approximate surface area is 303 Å². The first-order valence-electron chi connectivity index (χ1n) is 20.8. The SMILES string of the molecule is CCC/C=C\C/C=C\CCCCCCCC(=O)OCC(COC(=O)CCCCCCCCCCC)OC(=O)CCCCCCCCCCC. The number of carbonyl (C=O) groups excluding carboxylic acids is 3. The molecule has 0 N–H and O–H groups in total. The molecule has 0 saturated carbocycles. The molecule has 0 aromatic carbocycles. The molecule has 1 unspecified atom stereocenters. The number of carbonyl (C=O) groups is 3. The summed E-state index contributed by atoms with van der Waals surface area (Å²) in [4.78, 5) is 37.5. The van der Waals surface area contributed by atoms with Gasteiger partial charge in [-0.2, -0.15) is 0 Å². The van der Waals surface area contributed by atoms with Crippen LogP contribution in [0.5, 0.6) is 0 Å². The normalized spacial score (nSPS) is 12.1. The fraction of sp³-hybridized carbons (Fsp3) is 0.837. The molecule has 0 aromatic rings. The van der Waals surface area contributed by atoms with Crippen LogP contribution in [0.1, 0.15) is 213 Å². The Morgan fingerprint density at radius 3 is 1.20 bits per heavy atom. The third-order valence-electron chi connectivity index (χ3n) is 8.94. The van der Waals surface area contributed by atoms with Crippen molar-refractivity contribution in [2.45, 2.75) is 219 Å². The number of esters is 3. The lowest BCUT2D eigenvalue weighted by molar-refractivity contribution is -0.167. The topological polar surface area (TPSA) is 78.9 Å². The van der Waals surface area contributed by atoms with Crippen LogP contribution < -0.4 is 0 Å². The lowest BCUT2D eigenvalue weighted by Crippen LogP contribution is -2.30. The van der Waals surface area contributed by atoms with Crippen LogP contribution in [0.25, 0.3) is 0 Å². The van der Waals surface area contributed by atoms with Gasteiger partial charge in [0.05, 0.1) is 0 Å². The summed E-state index contributed by atoms with van der Waals surface area (Å²) in [6.45, 7) is 6.51. The number of allylic oxidation sites excluding steroid dienone is 4. The predicted molar refractivity (Wildman–Crippen MR) is 206 cm³/mol. The third kappa shape index (κ3) is 37.0. The molecule has 0 saturated heterocycles. The average molecular weight is 691 g/mol. The Kier molecular flexibility index (Phi) is 37.0. The van der Waals surface area contributed by atoms with E-state index in [1.165, 1.54) is 89.9 Å². The van der Waals surface area contributed by atoms with Crippen LogP contribution in [0.2, 0.25) is 0 Å². The van der Waals surface area contributed by atoms with Crippen LogP contribution in [-0.4, -0.2) is 37.2 Å². The van der Waals surface area contributed by atoms with Crippen LogP contribution in [0.3, 0.4) is 0 Å². The summed E-state index contributed by atoms with van der Waals surface area (Å²) in [5.74, 6) is -0.893. The molecule has 0 aliphatic carbocycles. The second-order valence-electron chi connectivity index (χ2n) is 13.9. The van der Waals surface area contributed by atoms with Crippen molar-refractivity contribution in [1.29, 1.82) is 0 Å². The summed E-state index contributed by atoms with van der Waals surface area (Å²) in [7, 11) is 0. The lowest BCUT2D eigenvalue weighted by atomic mass is 10.1. The molecule has 0 aliphatic rings. The minimum absolute atomic E-state index is 0.0729. The zero-order valence-electron chi connectivity index (χ0n) is 32.5. The molecule has 0 aliphatic heterocycles. The molecule has 0 bridgehead atoms. The molecule has 0 aromatic heterocycles. The summed E-state index contributed by atoms with van der Waals surface area (Å²) in [6.07, 6.45) is 40.2. The van der Waals surface area contributed by atoms with E-state index in [0.717, 1.165) is 83.5 Å². The van der Waals surface area contributed by atoms with Crippen molar-refractivity contribution in [3.8, 4) is 0 Å². The van der Waals surface area contributed by atoms with Crippen LogP contribution in [0, 0.1) is 0 Å². The fourth-order valence-electron chi connectivity index (χ4n) is 5.77. The lowest BCUT2D eigenvalue weighted by Gasteiger charge is -2.18. The Bertz CT molecular complexity index is 804. The van der Waals surface area contributed by atoms with Gasteiger partial charge in [0.1, 0.15) is 13.2 Å². The van der Waals surface area contributed by atoms with Crippen LogP contribution in [0.15, 0.2) is 24.3 Å². The number of unbranched alkanes of at least 4 members (excludes halogenated alkanes) is 22. The number of hydrogen-bond donors (Lipinski definition) is 0. The van der Waals surface area contributed by atoms with Gasteiger partial charge in [-0.05, 0) is 44.9 Å². The van der Waals surface area contributed by atoms with E-state index in [9.17, 15) is 14.4 Å². The zero-order chi connectivity index (χ0) is 35.9. The minimum Gasteiger partial charge on any atom is -0.462 e. The molecule has 0 amide bonds. The molecule has 0 heterocycles. The average Bonchev–Trinajstić information content (AvgIpc) is 3.10. The van der Waals surface area contributed by atoms with Gasteiger partial charge in [-0.1, -0.05) is 173 Å². The molecule has 6 heteroatoms. The molecule has 0 radical (unpaired) electrons. The Balaban J connectivity index is 4.35. The maximum absolute atomic E-state index is 12.6. The quantitative estimate of drug-likeness (QED) is 0.0279. The van der Waals surface area contributed by atoms with Crippen LogP contribution >= 0.6 is 0 Å². The van der Waals surface area contributed by atoms with E-state index in [0.29, 0.717) is 19.3 Å². The highest BCUT2D eigenvalue weighted by Crippen LogP contribution is 2.14. The molecular formula is C43H78O6. The number of ether oxygens (including phenoxy) is 3.